The molecule has 5 heteroatoms. The lowest BCUT2D eigenvalue weighted by Gasteiger charge is -2.06. The average molecular weight is 322 g/mol. The van der Waals surface area contributed by atoms with E-state index in [2.05, 4.69) is 17.1 Å². The number of amides is 1. The van der Waals surface area contributed by atoms with Crippen LogP contribution >= 0.6 is 11.8 Å². The van der Waals surface area contributed by atoms with Crippen LogP contribution in [0.5, 0.6) is 0 Å². The van der Waals surface area contributed by atoms with Gasteiger partial charge in [0.2, 0.25) is 0 Å². The fraction of sp³-hybridized carbons (Fsp3) is 0. The van der Waals surface area contributed by atoms with Crippen molar-refractivity contribution in [3.05, 3.63) is 72.6 Å². The van der Waals surface area contributed by atoms with Gasteiger partial charge in [-0.3, -0.25) is 15.0 Å². The Balaban J connectivity index is 1.80. The molecule has 0 radical (unpaired) electrons. The fourth-order valence-electron chi connectivity index (χ4n) is 2.16. The van der Waals surface area contributed by atoms with Crippen LogP contribution in [0.1, 0.15) is 5.56 Å². The highest BCUT2D eigenvalue weighted by atomic mass is 32.2. The van der Waals surface area contributed by atoms with Crippen molar-refractivity contribution in [3.8, 4) is 0 Å². The number of hydrogen-bond donors (Lipinski definition) is 2. The van der Waals surface area contributed by atoms with E-state index in [0.29, 0.717) is 0 Å². The van der Waals surface area contributed by atoms with E-state index in [0.717, 1.165) is 20.7 Å². The van der Waals surface area contributed by atoms with Gasteiger partial charge in [-0.15, -0.1) is 0 Å². The summed E-state index contributed by atoms with van der Waals surface area (Å²) in [5.74, 6) is -0.549. The highest BCUT2D eigenvalue weighted by Gasteiger charge is 2.03. The van der Waals surface area contributed by atoms with Crippen molar-refractivity contribution in [1.29, 1.82) is 0 Å². The molecule has 3 aromatic rings. The molecule has 4 nitrogen and oxygen atoms in total. The molecule has 114 valence electrons. The lowest BCUT2D eigenvalue weighted by molar-refractivity contribution is -0.124. The molecule has 0 saturated heterocycles. The van der Waals surface area contributed by atoms with Gasteiger partial charge in [0.15, 0.2) is 0 Å². The molecular formula is C18H14N2O2S. The van der Waals surface area contributed by atoms with Gasteiger partial charge in [-0.2, -0.15) is 0 Å². The second-order valence-electron chi connectivity index (χ2n) is 4.83. The maximum absolute atomic E-state index is 11.0. The van der Waals surface area contributed by atoms with Gasteiger partial charge in [-0.05, 0) is 41.3 Å². The standard InChI is InChI=1S/C18H14N2O2S/c21-18(20-22)9-6-13-4-7-15(8-5-13)23-17-3-1-2-14-10-11-19-12-16(14)17/h1-12,22H,(H,20,21)/b9-6+. The van der Waals surface area contributed by atoms with Gasteiger partial charge >= 0.3 is 0 Å². The van der Waals surface area contributed by atoms with E-state index in [4.69, 9.17) is 5.21 Å². The molecule has 1 aromatic heterocycles. The molecule has 0 fully saturated rings. The Kier molecular flexibility index (Phi) is 4.71. The van der Waals surface area contributed by atoms with Crippen molar-refractivity contribution < 1.29 is 10.0 Å². The third-order valence-corrected chi connectivity index (χ3v) is 4.37. The predicted molar refractivity (Wildman–Crippen MR) is 91.3 cm³/mol. The van der Waals surface area contributed by atoms with E-state index < -0.39 is 5.91 Å². The third kappa shape index (κ3) is 3.77. The minimum Gasteiger partial charge on any atom is -0.288 e. The molecule has 0 aliphatic carbocycles. The SMILES string of the molecule is O=C(/C=C/c1ccc(Sc2cccc3ccncc23)cc1)NO. The van der Waals surface area contributed by atoms with Crippen LogP contribution in [0, 0.1) is 0 Å². The number of carbonyl (C=O) groups excluding carboxylic acids is 1. The van der Waals surface area contributed by atoms with Crippen molar-refractivity contribution in [3.63, 3.8) is 0 Å². The first-order valence-electron chi connectivity index (χ1n) is 6.99. The van der Waals surface area contributed by atoms with Crippen LogP contribution in [0.25, 0.3) is 16.8 Å². The molecule has 1 amide bonds. The van der Waals surface area contributed by atoms with Crippen molar-refractivity contribution >= 4 is 34.5 Å². The topological polar surface area (TPSA) is 62.2 Å². The molecule has 1 heterocycles. The van der Waals surface area contributed by atoms with Crippen molar-refractivity contribution in [1.82, 2.24) is 10.5 Å². The maximum Gasteiger partial charge on any atom is 0.267 e. The number of hydrogen-bond acceptors (Lipinski definition) is 4. The Bertz CT molecular complexity index is 855. The van der Waals surface area contributed by atoms with Crippen molar-refractivity contribution in [2.45, 2.75) is 9.79 Å². The summed E-state index contributed by atoms with van der Waals surface area (Å²) in [7, 11) is 0. The highest BCUT2D eigenvalue weighted by Crippen LogP contribution is 2.33. The Morgan fingerprint density at radius 1 is 1.13 bits per heavy atom. The van der Waals surface area contributed by atoms with Gasteiger partial charge in [0, 0.05) is 33.6 Å². The summed E-state index contributed by atoms with van der Waals surface area (Å²) >= 11 is 1.67. The van der Waals surface area contributed by atoms with E-state index in [1.165, 1.54) is 11.5 Å². The van der Waals surface area contributed by atoms with Crippen molar-refractivity contribution in [2.75, 3.05) is 0 Å². The normalized spacial score (nSPS) is 11.0. The average Bonchev–Trinajstić information content (AvgIpc) is 2.61. The molecule has 2 aromatic carbocycles. The Morgan fingerprint density at radius 3 is 2.74 bits per heavy atom. The third-order valence-electron chi connectivity index (χ3n) is 3.29. The minimum atomic E-state index is -0.549. The maximum atomic E-state index is 11.0. The molecule has 0 saturated carbocycles. The summed E-state index contributed by atoms with van der Waals surface area (Å²) in [6, 6.07) is 16.0. The summed E-state index contributed by atoms with van der Waals surface area (Å²) in [5, 5.41) is 10.7. The molecule has 0 spiro atoms. The van der Waals surface area contributed by atoms with E-state index >= 15 is 0 Å². The number of pyridine rings is 1. The van der Waals surface area contributed by atoms with Crippen LogP contribution in [-0.2, 0) is 4.79 Å². The largest absolute Gasteiger partial charge is 0.288 e. The zero-order chi connectivity index (χ0) is 16.1. The molecule has 2 N–H and O–H groups in total. The number of aromatic nitrogens is 1. The van der Waals surface area contributed by atoms with Gasteiger partial charge < -0.3 is 0 Å². The number of nitrogens with zero attached hydrogens (tertiary/aromatic N) is 1. The molecule has 0 aliphatic rings. The first-order valence-corrected chi connectivity index (χ1v) is 7.81. The van der Waals surface area contributed by atoms with Crippen LogP contribution in [0.15, 0.2) is 76.8 Å². The molecule has 23 heavy (non-hydrogen) atoms. The number of carbonyl (C=O) groups is 1. The molecule has 0 unspecified atom stereocenters. The zero-order valence-corrected chi connectivity index (χ0v) is 13.0. The van der Waals surface area contributed by atoms with Crippen LogP contribution in [0.3, 0.4) is 0 Å². The van der Waals surface area contributed by atoms with Crippen LogP contribution in [0.2, 0.25) is 0 Å². The first kappa shape index (κ1) is 15.3. The summed E-state index contributed by atoms with van der Waals surface area (Å²) in [5.41, 5.74) is 2.45. The van der Waals surface area contributed by atoms with E-state index in [1.54, 1.807) is 29.5 Å². The number of rotatable bonds is 4. The van der Waals surface area contributed by atoms with Crippen LogP contribution in [-0.4, -0.2) is 16.1 Å². The lowest BCUT2D eigenvalue weighted by Crippen LogP contribution is -2.14. The molecular weight excluding hydrogens is 308 g/mol. The summed E-state index contributed by atoms with van der Waals surface area (Å²) in [4.78, 5) is 17.4. The number of hydroxylamine groups is 1. The first-order chi connectivity index (χ1) is 11.3. The van der Waals surface area contributed by atoms with Crippen LogP contribution < -0.4 is 5.48 Å². The van der Waals surface area contributed by atoms with Gasteiger partial charge in [-0.1, -0.05) is 36.0 Å². The van der Waals surface area contributed by atoms with E-state index in [1.807, 2.05) is 42.6 Å². The Labute approximate surface area is 137 Å². The van der Waals surface area contributed by atoms with Crippen molar-refractivity contribution in [2.24, 2.45) is 0 Å². The predicted octanol–water partition coefficient (Wildman–Crippen LogP) is 3.90. The fourth-order valence-corrected chi connectivity index (χ4v) is 3.11. The molecule has 0 aliphatic heterocycles. The molecule has 0 bridgehead atoms. The number of benzene rings is 2. The highest BCUT2D eigenvalue weighted by molar-refractivity contribution is 7.99. The minimum absolute atomic E-state index is 0.549. The number of fused-ring (bicyclic) bond motifs is 1. The molecule has 3 rings (SSSR count). The van der Waals surface area contributed by atoms with Gasteiger partial charge in [0.05, 0.1) is 0 Å². The molecule has 0 atom stereocenters. The van der Waals surface area contributed by atoms with E-state index in [9.17, 15) is 4.79 Å². The summed E-state index contributed by atoms with van der Waals surface area (Å²) in [6.07, 6.45) is 6.59. The lowest BCUT2D eigenvalue weighted by atomic mass is 10.2. The Hall–Kier alpha value is -2.63. The second-order valence-corrected chi connectivity index (χ2v) is 5.95. The summed E-state index contributed by atoms with van der Waals surface area (Å²) < 4.78 is 0. The van der Waals surface area contributed by atoms with Gasteiger partial charge in [0.25, 0.3) is 5.91 Å². The smallest absolute Gasteiger partial charge is 0.267 e. The second kappa shape index (κ2) is 7.09. The summed E-state index contributed by atoms with van der Waals surface area (Å²) in [6.45, 7) is 0. The quantitative estimate of drug-likeness (QED) is 0.434. The zero-order valence-electron chi connectivity index (χ0n) is 12.1. The van der Waals surface area contributed by atoms with E-state index in [-0.39, 0.29) is 0 Å². The van der Waals surface area contributed by atoms with Crippen LogP contribution in [0.4, 0.5) is 0 Å². The van der Waals surface area contributed by atoms with Gasteiger partial charge in [-0.25, -0.2) is 5.48 Å². The monoisotopic (exact) mass is 322 g/mol. The number of nitrogens with one attached hydrogen (secondary N) is 1. The Morgan fingerprint density at radius 2 is 1.96 bits per heavy atom. The van der Waals surface area contributed by atoms with Gasteiger partial charge in [0.1, 0.15) is 0 Å².